The first-order valence-electron chi connectivity index (χ1n) is 11.0. The Kier molecular flexibility index (Phi) is 9.37. The van der Waals surface area contributed by atoms with Crippen molar-refractivity contribution in [3.63, 3.8) is 0 Å². The van der Waals surface area contributed by atoms with Crippen molar-refractivity contribution in [2.45, 2.75) is 63.8 Å². The molecule has 0 radical (unpaired) electrons. The van der Waals surface area contributed by atoms with Gasteiger partial charge in [-0.3, -0.25) is 9.79 Å². The molecule has 0 spiro atoms. The molecule has 1 aliphatic heterocycles. The van der Waals surface area contributed by atoms with Gasteiger partial charge in [0.1, 0.15) is 5.82 Å². The lowest BCUT2D eigenvalue weighted by molar-refractivity contribution is -0.136. The Bertz CT molecular complexity index is 726. The van der Waals surface area contributed by atoms with Crippen molar-refractivity contribution in [2.75, 3.05) is 26.7 Å². The number of guanidine groups is 1. The first kappa shape index (κ1) is 24.9. The quantitative estimate of drug-likeness (QED) is 0.318. The molecule has 5 nitrogen and oxygen atoms in total. The molecule has 2 fully saturated rings. The van der Waals surface area contributed by atoms with Gasteiger partial charge in [0.15, 0.2) is 5.96 Å². The molecule has 0 aromatic heterocycles. The number of hydrogen-bond donors (Lipinski definition) is 2. The number of hydrogen-bond acceptors (Lipinski definition) is 2. The van der Waals surface area contributed by atoms with Crippen LogP contribution in [0.25, 0.3) is 0 Å². The smallest absolute Gasteiger partial charge is 0.225 e. The van der Waals surface area contributed by atoms with Crippen molar-refractivity contribution in [3.05, 3.63) is 35.6 Å². The summed E-state index contributed by atoms with van der Waals surface area (Å²) in [6, 6.07) is 7.26. The van der Waals surface area contributed by atoms with Gasteiger partial charge in [-0.15, -0.1) is 24.0 Å². The van der Waals surface area contributed by atoms with Crippen LogP contribution in [0, 0.1) is 11.7 Å². The number of nitrogens with zero attached hydrogens (tertiary/aromatic N) is 2. The van der Waals surface area contributed by atoms with Gasteiger partial charge in [-0.1, -0.05) is 26.0 Å². The van der Waals surface area contributed by atoms with E-state index in [2.05, 4.69) is 29.5 Å². The normalized spacial score (nSPS) is 18.7. The molecule has 1 aromatic rings. The van der Waals surface area contributed by atoms with Crippen LogP contribution in [0.1, 0.15) is 57.9 Å². The van der Waals surface area contributed by atoms with E-state index in [-0.39, 0.29) is 41.1 Å². The molecular weight excluding hydrogens is 494 g/mol. The fourth-order valence-electron chi connectivity index (χ4n) is 4.32. The highest BCUT2D eigenvalue weighted by Gasteiger charge is 2.44. The highest BCUT2D eigenvalue weighted by atomic mass is 127. The molecule has 1 saturated heterocycles. The largest absolute Gasteiger partial charge is 0.356 e. The summed E-state index contributed by atoms with van der Waals surface area (Å²) in [6.07, 6.45) is 5.82. The predicted molar refractivity (Wildman–Crippen MR) is 131 cm³/mol. The molecule has 1 heterocycles. The van der Waals surface area contributed by atoms with E-state index in [4.69, 9.17) is 0 Å². The lowest BCUT2D eigenvalue weighted by Crippen LogP contribution is -2.51. The van der Waals surface area contributed by atoms with Crippen molar-refractivity contribution in [3.8, 4) is 0 Å². The van der Waals surface area contributed by atoms with Crippen LogP contribution in [0.3, 0.4) is 0 Å². The number of amides is 1. The van der Waals surface area contributed by atoms with Crippen LogP contribution in [-0.4, -0.2) is 49.5 Å². The van der Waals surface area contributed by atoms with Gasteiger partial charge in [-0.25, -0.2) is 4.39 Å². The Balaban J connectivity index is 0.00000320. The molecule has 0 atom stereocenters. The number of benzene rings is 1. The number of halogens is 2. The third kappa shape index (κ3) is 6.08. The van der Waals surface area contributed by atoms with Gasteiger partial charge in [0, 0.05) is 44.1 Å². The summed E-state index contributed by atoms with van der Waals surface area (Å²) in [4.78, 5) is 19.0. The average Bonchev–Trinajstić information content (AvgIpc) is 3.53. The number of piperidine rings is 1. The molecular formula is C23H36FIN4O. The fraction of sp³-hybridized carbons (Fsp3) is 0.652. The Morgan fingerprint density at radius 2 is 1.93 bits per heavy atom. The monoisotopic (exact) mass is 530 g/mol. The number of carbonyl (C=O) groups is 1. The van der Waals surface area contributed by atoms with E-state index >= 15 is 0 Å². The zero-order valence-electron chi connectivity index (χ0n) is 18.4. The summed E-state index contributed by atoms with van der Waals surface area (Å²) >= 11 is 0. The SMILES string of the molecule is CCC(CC)C(=O)N1CCC(NC(=NC)NCC2(c3cccc(F)c3)CC2)CC1.I. The lowest BCUT2D eigenvalue weighted by Gasteiger charge is -2.35. The Morgan fingerprint density at radius 1 is 1.27 bits per heavy atom. The molecule has 0 unspecified atom stereocenters. The third-order valence-corrected chi connectivity index (χ3v) is 6.59. The number of rotatable bonds is 7. The Hall–Kier alpha value is -1.38. The van der Waals surface area contributed by atoms with Crippen molar-refractivity contribution >= 4 is 35.8 Å². The maximum absolute atomic E-state index is 13.6. The molecule has 168 valence electrons. The molecule has 2 N–H and O–H groups in total. The van der Waals surface area contributed by atoms with Crippen LogP contribution >= 0.6 is 24.0 Å². The second kappa shape index (κ2) is 11.3. The lowest BCUT2D eigenvalue weighted by atomic mass is 9.96. The molecule has 3 rings (SSSR count). The zero-order valence-corrected chi connectivity index (χ0v) is 20.7. The van der Waals surface area contributed by atoms with Gasteiger partial charge in [0.2, 0.25) is 5.91 Å². The van der Waals surface area contributed by atoms with Crippen molar-refractivity contribution in [2.24, 2.45) is 10.9 Å². The van der Waals surface area contributed by atoms with Crippen LogP contribution in [0.4, 0.5) is 4.39 Å². The van der Waals surface area contributed by atoms with E-state index in [1.54, 1.807) is 19.2 Å². The summed E-state index contributed by atoms with van der Waals surface area (Å²) in [5, 5.41) is 6.96. The molecule has 30 heavy (non-hydrogen) atoms. The molecule has 7 heteroatoms. The summed E-state index contributed by atoms with van der Waals surface area (Å²) in [7, 11) is 1.78. The van der Waals surface area contributed by atoms with E-state index in [1.165, 1.54) is 6.07 Å². The number of carbonyl (C=O) groups excluding carboxylic acids is 1. The highest BCUT2D eigenvalue weighted by Crippen LogP contribution is 2.47. The second-order valence-corrected chi connectivity index (χ2v) is 8.47. The first-order valence-corrected chi connectivity index (χ1v) is 11.0. The molecule has 1 amide bonds. The minimum absolute atomic E-state index is 0. The number of likely N-dealkylation sites (tertiary alicyclic amines) is 1. The fourth-order valence-corrected chi connectivity index (χ4v) is 4.32. The van der Waals surface area contributed by atoms with Crippen molar-refractivity contribution in [1.29, 1.82) is 0 Å². The second-order valence-electron chi connectivity index (χ2n) is 8.47. The standard InChI is InChI=1S/C23H35FN4O.HI/c1-4-17(5-2)21(29)28-13-9-20(10-14-28)27-22(25-3)26-16-23(11-12-23)18-7-6-8-19(24)15-18;/h6-8,15,17,20H,4-5,9-14,16H2,1-3H3,(H2,25,26,27);1H. The van der Waals surface area contributed by atoms with E-state index in [1.807, 2.05) is 11.0 Å². The minimum Gasteiger partial charge on any atom is -0.356 e. The van der Waals surface area contributed by atoms with Crippen LogP contribution in [-0.2, 0) is 10.2 Å². The van der Waals surface area contributed by atoms with Gasteiger partial charge < -0.3 is 15.5 Å². The van der Waals surface area contributed by atoms with E-state index in [0.717, 1.165) is 69.7 Å². The van der Waals surface area contributed by atoms with Gasteiger partial charge >= 0.3 is 0 Å². The van der Waals surface area contributed by atoms with Crippen LogP contribution in [0.5, 0.6) is 0 Å². The molecule has 1 aromatic carbocycles. The van der Waals surface area contributed by atoms with E-state index in [9.17, 15) is 9.18 Å². The molecule has 1 saturated carbocycles. The number of aliphatic imine (C=N–C) groups is 1. The number of nitrogens with one attached hydrogen (secondary N) is 2. The van der Waals surface area contributed by atoms with E-state index in [0.29, 0.717) is 11.9 Å². The van der Waals surface area contributed by atoms with Gasteiger partial charge in [0.25, 0.3) is 0 Å². The molecule has 0 bridgehead atoms. The van der Waals surface area contributed by atoms with Crippen LogP contribution < -0.4 is 10.6 Å². The van der Waals surface area contributed by atoms with Crippen molar-refractivity contribution < 1.29 is 9.18 Å². The summed E-state index contributed by atoms with van der Waals surface area (Å²) < 4.78 is 13.6. The summed E-state index contributed by atoms with van der Waals surface area (Å²) in [5.74, 6) is 1.08. The van der Waals surface area contributed by atoms with Crippen LogP contribution in [0.15, 0.2) is 29.3 Å². The topological polar surface area (TPSA) is 56.7 Å². The maximum atomic E-state index is 13.6. The Morgan fingerprint density at radius 3 is 2.47 bits per heavy atom. The van der Waals surface area contributed by atoms with Gasteiger partial charge in [-0.2, -0.15) is 0 Å². The van der Waals surface area contributed by atoms with Crippen molar-refractivity contribution in [1.82, 2.24) is 15.5 Å². The van der Waals surface area contributed by atoms with Crippen LogP contribution in [0.2, 0.25) is 0 Å². The zero-order chi connectivity index (χ0) is 20.9. The Labute approximate surface area is 197 Å². The first-order chi connectivity index (χ1) is 14.0. The van der Waals surface area contributed by atoms with Gasteiger partial charge in [-0.05, 0) is 56.2 Å². The molecule has 1 aliphatic carbocycles. The highest BCUT2D eigenvalue weighted by molar-refractivity contribution is 14.0. The predicted octanol–water partition coefficient (Wildman–Crippen LogP) is 4.07. The average molecular weight is 530 g/mol. The summed E-state index contributed by atoms with van der Waals surface area (Å²) in [6.45, 7) is 6.54. The maximum Gasteiger partial charge on any atom is 0.225 e. The van der Waals surface area contributed by atoms with E-state index < -0.39 is 0 Å². The molecule has 2 aliphatic rings. The summed E-state index contributed by atoms with van der Waals surface area (Å²) in [5.41, 5.74) is 1.08. The third-order valence-electron chi connectivity index (χ3n) is 6.59. The van der Waals surface area contributed by atoms with Gasteiger partial charge in [0.05, 0.1) is 0 Å². The minimum atomic E-state index is -0.175.